The molecule has 57 heavy (non-hydrogen) atoms. The number of nitrogens with zero attached hydrogens (tertiary/aromatic N) is 7. The predicted molar refractivity (Wildman–Crippen MR) is 226 cm³/mol. The number of hydrogen-bond donors (Lipinski definition) is 2. The van der Waals surface area contributed by atoms with Crippen LogP contribution in [0, 0.1) is 6.92 Å². The van der Waals surface area contributed by atoms with Crippen molar-refractivity contribution in [1.29, 1.82) is 0 Å². The van der Waals surface area contributed by atoms with Gasteiger partial charge in [-0.2, -0.15) is 5.10 Å². The Kier molecular flexibility index (Phi) is 10.8. The summed E-state index contributed by atoms with van der Waals surface area (Å²) in [6.07, 6.45) is 7.41. The van der Waals surface area contributed by atoms with Gasteiger partial charge in [-0.3, -0.25) is 14.3 Å². The second-order valence-corrected chi connectivity index (χ2v) is 15.8. The Labute approximate surface area is 335 Å². The molecule has 0 spiro atoms. The van der Waals surface area contributed by atoms with Crippen molar-refractivity contribution in [2.45, 2.75) is 39.0 Å². The van der Waals surface area contributed by atoms with Gasteiger partial charge in [-0.05, 0) is 96.3 Å². The molecule has 2 N–H and O–H groups in total. The van der Waals surface area contributed by atoms with Crippen LogP contribution in [0.4, 0.5) is 0 Å². The number of nitrogens with one attached hydrogen (secondary N) is 2. The Bertz CT molecular complexity index is 2700. The van der Waals surface area contributed by atoms with Crippen LogP contribution in [0.1, 0.15) is 60.7 Å². The highest BCUT2D eigenvalue weighted by Gasteiger charge is 2.17. The molecule has 12 heteroatoms. The molecule has 0 aliphatic rings. The van der Waals surface area contributed by atoms with Crippen LogP contribution < -0.4 is 10.6 Å². The topological polar surface area (TPSA) is 125 Å². The van der Waals surface area contributed by atoms with Crippen LogP contribution >= 0.6 is 11.3 Å². The largest absolute Gasteiger partial charge is 0.351 e. The maximum absolute atomic E-state index is 13.2. The average Bonchev–Trinajstić information content (AvgIpc) is 4.00. The third kappa shape index (κ3) is 8.41. The number of fused-ring (bicyclic) bond motifs is 2. The van der Waals surface area contributed by atoms with Gasteiger partial charge in [0.1, 0.15) is 16.4 Å². The number of amides is 2. The van der Waals surface area contributed by atoms with E-state index >= 15 is 0 Å². The molecule has 0 saturated heterocycles. The van der Waals surface area contributed by atoms with E-state index in [1.165, 1.54) is 22.5 Å². The number of hydrogen-bond acceptors (Lipinski definition) is 7. The maximum Gasteiger partial charge on any atom is 0.269 e. The normalized spacial score (nSPS) is 11.4. The lowest BCUT2D eigenvalue weighted by Gasteiger charge is -2.07. The van der Waals surface area contributed by atoms with Gasteiger partial charge in [0.15, 0.2) is 0 Å². The van der Waals surface area contributed by atoms with E-state index in [-0.39, 0.29) is 11.8 Å². The van der Waals surface area contributed by atoms with Gasteiger partial charge < -0.3 is 19.8 Å². The molecule has 11 nitrogen and oxygen atoms in total. The van der Waals surface area contributed by atoms with Crippen LogP contribution in [0.25, 0.3) is 44.3 Å². The van der Waals surface area contributed by atoms with E-state index in [2.05, 4.69) is 115 Å². The number of carbonyl (C=O) groups is 2. The summed E-state index contributed by atoms with van der Waals surface area (Å²) in [4.78, 5) is 39.7. The summed E-state index contributed by atoms with van der Waals surface area (Å²) in [5.41, 5.74) is 12.4. The fraction of sp³-hybridized carbons (Fsp3) is 0.244. The number of rotatable bonds is 14. The van der Waals surface area contributed by atoms with E-state index in [0.29, 0.717) is 30.1 Å². The molecule has 0 aliphatic heterocycles. The minimum atomic E-state index is -0.133. The zero-order chi connectivity index (χ0) is 39.5. The Hall–Kier alpha value is -6.40. The molecule has 288 valence electrons. The fourth-order valence-corrected chi connectivity index (χ4v) is 7.95. The minimum absolute atomic E-state index is 0.0615. The van der Waals surface area contributed by atoms with Gasteiger partial charge in [-0.15, -0.1) is 11.3 Å². The molecular weight excluding hydrogens is 731 g/mol. The summed E-state index contributed by atoms with van der Waals surface area (Å²) in [6, 6.07) is 31.8. The monoisotopic (exact) mass is 775 g/mol. The molecule has 0 aliphatic carbocycles. The first-order valence-corrected chi connectivity index (χ1v) is 20.1. The maximum atomic E-state index is 13.2. The smallest absolute Gasteiger partial charge is 0.269 e. The third-order valence-electron chi connectivity index (χ3n) is 10.5. The lowest BCUT2D eigenvalue weighted by Crippen LogP contribution is -2.26. The predicted octanol–water partition coefficient (Wildman–Crippen LogP) is 7.61. The van der Waals surface area contributed by atoms with Gasteiger partial charge in [-0.1, -0.05) is 60.7 Å². The lowest BCUT2D eigenvalue weighted by atomic mass is 10.0. The second kappa shape index (κ2) is 16.4. The van der Waals surface area contributed by atoms with Crippen molar-refractivity contribution in [3.63, 3.8) is 0 Å². The molecule has 0 bridgehead atoms. The SMILES string of the molecule is Cc1ncc(C(=O)NCCCc2ccc(-c3ccc4c(c3)nc(Cc3cc(C(=O)NCCCc5ccc(-c6ccc7c(c6)ncn7C)cc5)n(C)n3)n4C)cc2)s1. The van der Waals surface area contributed by atoms with E-state index < -0.39 is 0 Å². The van der Waals surface area contributed by atoms with Crippen molar-refractivity contribution in [2.24, 2.45) is 21.1 Å². The van der Waals surface area contributed by atoms with Crippen LogP contribution in [0.2, 0.25) is 0 Å². The quantitative estimate of drug-likeness (QED) is 0.110. The van der Waals surface area contributed by atoms with E-state index in [1.54, 1.807) is 17.9 Å². The molecule has 8 rings (SSSR count). The molecule has 0 atom stereocenters. The van der Waals surface area contributed by atoms with Crippen LogP contribution in [0.3, 0.4) is 0 Å². The van der Waals surface area contributed by atoms with E-state index in [1.807, 2.05) is 38.0 Å². The van der Waals surface area contributed by atoms with Gasteiger partial charge in [0.25, 0.3) is 11.8 Å². The molecule has 0 radical (unpaired) electrons. The van der Waals surface area contributed by atoms with Gasteiger partial charge in [0, 0.05) is 34.2 Å². The molecule has 4 aromatic heterocycles. The van der Waals surface area contributed by atoms with Crippen LogP contribution in [-0.2, 0) is 40.4 Å². The van der Waals surface area contributed by atoms with Gasteiger partial charge in [0.2, 0.25) is 0 Å². The lowest BCUT2D eigenvalue weighted by molar-refractivity contribution is 0.0940. The number of benzene rings is 4. The zero-order valence-corrected chi connectivity index (χ0v) is 33.4. The molecule has 0 fully saturated rings. The second-order valence-electron chi connectivity index (χ2n) is 14.5. The summed E-state index contributed by atoms with van der Waals surface area (Å²) in [7, 11) is 5.83. The van der Waals surface area contributed by atoms with E-state index in [9.17, 15) is 9.59 Å². The molecule has 4 aromatic carbocycles. The summed E-state index contributed by atoms with van der Waals surface area (Å²) in [6.45, 7) is 3.09. The highest BCUT2D eigenvalue weighted by Crippen LogP contribution is 2.27. The first-order chi connectivity index (χ1) is 27.7. The first kappa shape index (κ1) is 37.5. The van der Waals surface area contributed by atoms with Crippen LogP contribution in [0.15, 0.2) is 104 Å². The molecule has 0 unspecified atom stereocenters. The Morgan fingerprint density at radius 1 is 0.684 bits per heavy atom. The highest BCUT2D eigenvalue weighted by atomic mass is 32.1. The number of aromatic nitrogens is 7. The van der Waals surface area contributed by atoms with Crippen molar-refractivity contribution in [2.75, 3.05) is 13.1 Å². The number of carbonyl (C=O) groups excluding carboxylic acids is 2. The van der Waals surface area contributed by atoms with E-state index in [0.717, 1.165) is 86.5 Å². The third-order valence-corrected chi connectivity index (χ3v) is 11.4. The number of thiazole rings is 1. The summed E-state index contributed by atoms with van der Waals surface area (Å²) in [5.74, 6) is 0.683. The van der Waals surface area contributed by atoms with Gasteiger partial charge in [0.05, 0.1) is 51.7 Å². The Morgan fingerprint density at radius 3 is 1.91 bits per heavy atom. The van der Waals surface area contributed by atoms with Crippen molar-refractivity contribution >= 4 is 45.2 Å². The Morgan fingerprint density at radius 2 is 1.28 bits per heavy atom. The van der Waals surface area contributed by atoms with Crippen molar-refractivity contribution < 1.29 is 9.59 Å². The van der Waals surface area contributed by atoms with E-state index in [4.69, 9.17) is 4.98 Å². The molecule has 8 aromatic rings. The summed E-state index contributed by atoms with van der Waals surface area (Å²) < 4.78 is 5.77. The van der Waals surface area contributed by atoms with Crippen molar-refractivity contribution in [1.82, 2.24) is 44.5 Å². The average molecular weight is 776 g/mol. The van der Waals surface area contributed by atoms with Gasteiger partial charge in [-0.25, -0.2) is 15.0 Å². The molecule has 0 saturated carbocycles. The van der Waals surface area contributed by atoms with Crippen LogP contribution in [0.5, 0.6) is 0 Å². The Balaban J connectivity index is 0.820. The van der Waals surface area contributed by atoms with Crippen LogP contribution in [-0.4, -0.2) is 58.8 Å². The summed E-state index contributed by atoms with van der Waals surface area (Å²) in [5, 5.41) is 11.6. The fourth-order valence-electron chi connectivity index (χ4n) is 7.25. The van der Waals surface area contributed by atoms with Crippen molar-refractivity contribution in [3.8, 4) is 22.3 Å². The highest BCUT2D eigenvalue weighted by molar-refractivity contribution is 7.13. The molecule has 4 heterocycles. The van der Waals surface area contributed by atoms with Crippen molar-refractivity contribution in [3.05, 3.63) is 142 Å². The molecular formula is C45H45N9O2S. The molecule has 2 amide bonds. The summed E-state index contributed by atoms with van der Waals surface area (Å²) >= 11 is 1.41. The standard InChI is InChI=1S/C45H45N9O2S/c1-29-48-27-42(57-29)45(56)47-22-6-8-31-11-15-33(16-12-31)35-18-20-40-38(24-35)50-43(53(40)3)26-36-25-41(54(4)51-36)44(55)46-21-5-7-30-9-13-32(14-10-30)34-17-19-39-37(23-34)49-28-52(39)2/h9-20,23-25,27-28H,5-8,21-22,26H2,1-4H3,(H,46,55)(H,47,56). The minimum Gasteiger partial charge on any atom is -0.351 e. The van der Waals surface area contributed by atoms with Gasteiger partial charge >= 0.3 is 0 Å². The number of aryl methyl sites for hydroxylation is 6. The zero-order valence-electron chi connectivity index (χ0n) is 32.6. The number of imidazole rings is 2. The first-order valence-electron chi connectivity index (χ1n) is 19.3.